The second kappa shape index (κ2) is 7.06. The number of benzene rings is 1. The van der Waals surface area contributed by atoms with Gasteiger partial charge in [-0.3, -0.25) is 9.20 Å². The average molecular weight is 328 g/mol. The van der Waals surface area contributed by atoms with Crippen LogP contribution in [-0.2, 0) is 11.2 Å². The molecule has 0 radical (unpaired) electrons. The van der Waals surface area contributed by atoms with E-state index in [2.05, 4.69) is 15.5 Å². The summed E-state index contributed by atoms with van der Waals surface area (Å²) in [7, 11) is 0. The molecule has 1 N–H and O–H groups in total. The molecule has 118 valence electrons. The van der Waals surface area contributed by atoms with Gasteiger partial charge in [0.2, 0.25) is 5.91 Å². The van der Waals surface area contributed by atoms with Gasteiger partial charge in [-0.15, -0.1) is 11.3 Å². The minimum atomic E-state index is -0.208. The molecule has 0 saturated carbocycles. The van der Waals surface area contributed by atoms with Gasteiger partial charge in [0.15, 0.2) is 4.96 Å². The molecule has 3 aromatic rings. The largest absolute Gasteiger partial charge is 0.493 e. The minimum Gasteiger partial charge on any atom is -0.493 e. The summed E-state index contributed by atoms with van der Waals surface area (Å²) in [6.45, 7) is 2.50. The number of hydrogen-bond donors (Lipinski definition) is 1. The number of aromatic nitrogens is 2. The van der Waals surface area contributed by atoms with Crippen LogP contribution in [-0.4, -0.2) is 28.1 Å². The SMILES string of the molecule is CCOc1ccccc1C=NNC(=O)Cc1cn2ccsc2n1. The smallest absolute Gasteiger partial charge is 0.246 e. The van der Waals surface area contributed by atoms with Crippen molar-refractivity contribution in [3.8, 4) is 5.75 Å². The van der Waals surface area contributed by atoms with Crippen LogP contribution in [0.1, 0.15) is 18.2 Å². The number of amides is 1. The Morgan fingerprint density at radius 2 is 2.35 bits per heavy atom. The van der Waals surface area contributed by atoms with Crippen molar-refractivity contribution >= 4 is 28.4 Å². The van der Waals surface area contributed by atoms with Gasteiger partial charge in [-0.1, -0.05) is 12.1 Å². The summed E-state index contributed by atoms with van der Waals surface area (Å²) in [4.78, 5) is 17.2. The number of ether oxygens (including phenoxy) is 1. The van der Waals surface area contributed by atoms with E-state index >= 15 is 0 Å². The summed E-state index contributed by atoms with van der Waals surface area (Å²) < 4.78 is 7.40. The van der Waals surface area contributed by atoms with Crippen LogP contribution in [0.25, 0.3) is 4.96 Å². The quantitative estimate of drug-likeness (QED) is 0.558. The van der Waals surface area contributed by atoms with Crippen molar-refractivity contribution in [2.24, 2.45) is 5.10 Å². The monoisotopic (exact) mass is 328 g/mol. The predicted molar refractivity (Wildman–Crippen MR) is 90.1 cm³/mol. The van der Waals surface area contributed by atoms with E-state index in [-0.39, 0.29) is 12.3 Å². The molecule has 0 saturated heterocycles. The maximum atomic E-state index is 11.9. The van der Waals surface area contributed by atoms with E-state index in [0.29, 0.717) is 6.61 Å². The van der Waals surface area contributed by atoms with Gasteiger partial charge in [0, 0.05) is 23.3 Å². The molecule has 0 aliphatic rings. The number of fused-ring (bicyclic) bond motifs is 1. The van der Waals surface area contributed by atoms with Crippen molar-refractivity contribution in [1.82, 2.24) is 14.8 Å². The van der Waals surface area contributed by atoms with Crippen molar-refractivity contribution in [1.29, 1.82) is 0 Å². The van der Waals surface area contributed by atoms with Gasteiger partial charge in [-0.2, -0.15) is 5.10 Å². The van der Waals surface area contributed by atoms with Gasteiger partial charge >= 0.3 is 0 Å². The van der Waals surface area contributed by atoms with Crippen LogP contribution in [0.15, 0.2) is 47.1 Å². The molecule has 2 heterocycles. The summed E-state index contributed by atoms with van der Waals surface area (Å²) in [6.07, 6.45) is 5.53. The molecule has 0 spiro atoms. The third-order valence-corrected chi connectivity index (χ3v) is 3.87. The Morgan fingerprint density at radius 3 is 3.17 bits per heavy atom. The second-order valence-electron chi connectivity index (χ2n) is 4.77. The summed E-state index contributed by atoms with van der Waals surface area (Å²) in [6, 6.07) is 7.53. The number of hydrogen-bond acceptors (Lipinski definition) is 5. The molecule has 2 aromatic heterocycles. The molecule has 1 aromatic carbocycles. The fourth-order valence-electron chi connectivity index (χ4n) is 2.11. The summed E-state index contributed by atoms with van der Waals surface area (Å²) in [5.74, 6) is 0.531. The van der Waals surface area contributed by atoms with Crippen LogP contribution in [0, 0.1) is 0 Å². The molecule has 0 unspecified atom stereocenters. The minimum absolute atomic E-state index is 0.193. The lowest BCUT2D eigenvalue weighted by molar-refractivity contribution is -0.120. The number of para-hydroxylation sites is 1. The van der Waals surface area contributed by atoms with E-state index in [0.717, 1.165) is 22.0 Å². The maximum absolute atomic E-state index is 11.9. The number of nitrogens with one attached hydrogen (secondary N) is 1. The molecule has 0 aliphatic carbocycles. The van der Waals surface area contributed by atoms with Crippen molar-refractivity contribution in [3.63, 3.8) is 0 Å². The van der Waals surface area contributed by atoms with Gasteiger partial charge in [0.1, 0.15) is 5.75 Å². The van der Waals surface area contributed by atoms with Crippen molar-refractivity contribution in [2.75, 3.05) is 6.61 Å². The van der Waals surface area contributed by atoms with Crippen LogP contribution in [0.3, 0.4) is 0 Å². The van der Waals surface area contributed by atoms with Crippen LogP contribution < -0.4 is 10.2 Å². The fraction of sp³-hybridized carbons (Fsp3) is 0.188. The highest BCUT2D eigenvalue weighted by atomic mass is 32.1. The lowest BCUT2D eigenvalue weighted by atomic mass is 10.2. The van der Waals surface area contributed by atoms with E-state index in [1.54, 1.807) is 6.21 Å². The van der Waals surface area contributed by atoms with Crippen molar-refractivity contribution in [2.45, 2.75) is 13.3 Å². The summed E-state index contributed by atoms with van der Waals surface area (Å²) >= 11 is 1.53. The predicted octanol–water partition coefficient (Wildman–Crippen LogP) is 2.49. The topological polar surface area (TPSA) is 68.0 Å². The third-order valence-electron chi connectivity index (χ3n) is 3.10. The lowest BCUT2D eigenvalue weighted by Crippen LogP contribution is -2.20. The Bertz CT molecular complexity index is 809. The van der Waals surface area contributed by atoms with Gasteiger partial charge in [0.25, 0.3) is 0 Å². The standard InChI is InChI=1S/C16H16N4O2S/c1-2-22-14-6-4-3-5-12(14)10-17-19-15(21)9-13-11-20-7-8-23-16(20)18-13/h3-8,10-11H,2,9H2,1H3,(H,19,21). The first kappa shape index (κ1) is 15.2. The summed E-state index contributed by atoms with van der Waals surface area (Å²) in [5, 5.41) is 5.94. The first-order valence-electron chi connectivity index (χ1n) is 7.21. The van der Waals surface area contributed by atoms with Gasteiger partial charge in [0.05, 0.1) is 24.9 Å². The number of hydrazone groups is 1. The molecule has 1 amide bonds. The molecule has 0 aliphatic heterocycles. The Morgan fingerprint density at radius 1 is 1.48 bits per heavy atom. The molecular weight excluding hydrogens is 312 g/mol. The Balaban J connectivity index is 1.59. The number of imidazole rings is 1. The van der Waals surface area contributed by atoms with E-state index in [9.17, 15) is 4.79 Å². The summed E-state index contributed by atoms with van der Waals surface area (Å²) in [5.41, 5.74) is 4.05. The molecule has 0 bridgehead atoms. The lowest BCUT2D eigenvalue weighted by Gasteiger charge is -2.05. The molecule has 3 rings (SSSR count). The number of nitrogens with zero attached hydrogens (tertiary/aromatic N) is 3. The third kappa shape index (κ3) is 3.75. The normalized spacial score (nSPS) is 11.2. The zero-order valence-corrected chi connectivity index (χ0v) is 13.4. The molecule has 0 atom stereocenters. The van der Waals surface area contributed by atoms with Crippen molar-refractivity contribution in [3.05, 3.63) is 53.3 Å². The first-order chi connectivity index (χ1) is 11.3. The first-order valence-corrected chi connectivity index (χ1v) is 8.09. The zero-order valence-electron chi connectivity index (χ0n) is 12.6. The Hall–Kier alpha value is -2.67. The van der Waals surface area contributed by atoms with Crippen LogP contribution in [0.2, 0.25) is 0 Å². The number of carbonyl (C=O) groups is 1. The van der Waals surface area contributed by atoms with Gasteiger partial charge < -0.3 is 4.74 Å². The van der Waals surface area contributed by atoms with Crippen LogP contribution >= 0.6 is 11.3 Å². The zero-order chi connectivity index (χ0) is 16.1. The van der Waals surface area contributed by atoms with Crippen LogP contribution in [0.4, 0.5) is 0 Å². The van der Waals surface area contributed by atoms with Crippen molar-refractivity contribution < 1.29 is 9.53 Å². The number of carbonyl (C=O) groups excluding carboxylic acids is 1. The highest BCUT2D eigenvalue weighted by Gasteiger charge is 2.07. The highest BCUT2D eigenvalue weighted by Crippen LogP contribution is 2.15. The number of rotatable bonds is 6. The average Bonchev–Trinajstić information content (AvgIpc) is 3.10. The van der Waals surface area contributed by atoms with Gasteiger partial charge in [-0.05, 0) is 19.1 Å². The molecular formula is C16H16N4O2S. The Kier molecular flexibility index (Phi) is 4.68. The Labute approximate surface area is 137 Å². The fourth-order valence-corrected chi connectivity index (χ4v) is 2.83. The van der Waals surface area contributed by atoms with E-state index in [1.807, 2.05) is 53.4 Å². The highest BCUT2D eigenvalue weighted by molar-refractivity contribution is 7.15. The molecule has 23 heavy (non-hydrogen) atoms. The maximum Gasteiger partial charge on any atom is 0.246 e. The van der Waals surface area contributed by atoms with E-state index in [4.69, 9.17) is 4.74 Å². The molecule has 7 heteroatoms. The van der Waals surface area contributed by atoms with Gasteiger partial charge in [-0.25, -0.2) is 10.4 Å². The molecule has 6 nitrogen and oxygen atoms in total. The van der Waals surface area contributed by atoms with E-state index in [1.165, 1.54) is 11.3 Å². The van der Waals surface area contributed by atoms with E-state index < -0.39 is 0 Å². The number of thiazole rings is 1. The molecule has 0 fully saturated rings. The van der Waals surface area contributed by atoms with Crippen LogP contribution in [0.5, 0.6) is 5.75 Å². The second-order valence-corrected chi connectivity index (χ2v) is 5.64.